The second-order valence-corrected chi connectivity index (χ2v) is 7.96. The van der Waals surface area contributed by atoms with Crippen LogP contribution in [-0.4, -0.2) is 49.1 Å². The third-order valence-electron chi connectivity index (χ3n) is 5.64. The van der Waals surface area contributed by atoms with Gasteiger partial charge in [-0.2, -0.15) is 9.98 Å². The molecule has 1 saturated heterocycles. The lowest BCUT2D eigenvalue weighted by molar-refractivity contribution is -0.118. The Balaban J connectivity index is 1.74. The number of H-pyrrole nitrogens is 1. The molecule has 1 unspecified atom stereocenters. The topological polar surface area (TPSA) is 126 Å². The first kappa shape index (κ1) is 21.5. The minimum absolute atomic E-state index is 0.0170. The number of carbonyl (C=O) groups is 2. The Labute approximate surface area is 184 Å². The SMILES string of the molecule is COc1ccc(NC(=O)C2=c3c(nc(N4CCCC(C)C4)[nH]c3=O)=NC(=O)C2)c(OC)c1. The summed E-state index contributed by atoms with van der Waals surface area (Å²) in [5.74, 6) is 0.660. The molecule has 0 spiro atoms. The monoisotopic (exact) mass is 439 g/mol. The van der Waals surface area contributed by atoms with Crippen LogP contribution in [0.25, 0.3) is 5.57 Å². The maximum Gasteiger partial charge on any atom is 0.262 e. The number of anilines is 2. The fourth-order valence-electron chi connectivity index (χ4n) is 4.02. The number of rotatable bonds is 5. The van der Waals surface area contributed by atoms with Gasteiger partial charge in [-0.15, -0.1) is 0 Å². The van der Waals surface area contributed by atoms with Crippen LogP contribution in [0, 0.1) is 5.92 Å². The van der Waals surface area contributed by atoms with E-state index in [2.05, 4.69) is 27.2 Å². The fraction of sp³-hybridized carbons (Fsp3) is 0.409. The van der Waals surface area contributed by atoms with Gasteiger partial charge in [-0.3, -0.25) is 19.4 Å². The highest BCUT2D eigenvalue weighted by molar-refractivity contribution is 6.23. The first-order chi connectivity index (χ1) is 15.4. The summed E-state index contributed by atoms with van der Waals surface area (Å²) in [7, 11) is 2.99. The number of hydrogen-bond donors (Lipinski definition) is 2. The lowest BCUT2D eigenvalue weighted by Gasteiger charge is -2.31. The van der Waals surface area contributed by atoms with E-state index in [1.54, 1.807) is 18.2 Å². The average molecular weight is 439 g/mol. The van der Waals surface area contributed by atoms with E-state index in [1.807, 2.05) is 4.90 Å². The smallest absolute Gasteiger partial charge is 0.262 e. The molecular formula is C22H25N5O5. The molecule has 2 aliphatic heterocycles. The lowest BCUT2D eigenvalue weighted by atomic mass is 10.0. The fourth-order valence-corrected chi connectivity index (χ4v) is 4.02. The number of nitrogens with one attached hydrogen (secondary N) is 2. The Morgan fingerprint density at radius 1 is 1.25 bits per heavy atom. The van der Waals surface area contributed by atoms with Crippen molar-refractivity contribution in [2.24, 2.45) is 10.9 Å². The van der Waals surface area contributed by atoms with Crippen molar-refractivity contribution in [3.8, 4) is 11.5 Å². The minimum Gasteiger partial charge on any atom is -0.497 e. The van der Waals surface area contributed by atoms with E-state index in [0.29, 0.717) is 29.1 Å². The summed E-state index contributed by atoms with van der Waals surface area (Å²) in [6.07, 6.45) is 1.81. The van der Waals surface area contributed by atoms with Crippen LogP contribution in [0.5, 0.6) is 11.5 Å². The Morgan fingerprint density at radius 2 is 2.06 bits per heavy atom. The van der Waals surface area contributed by atoms with Gasteiger partial charge in [0.1, 0.15) is 11.5 Å². The van der Waals surface area contributed by atoms with Gasteiger partial charge >= 0.3 is 0 Å². The van der Waals surface area contributed by atoms with E-state index in [9.17, 15) is 14.4 Å². The number of aromatic amines is 1. The number of ether oxygens (including phenoxy) is 2. The summed E-state index contributed by atoms with van der Waals surface area (Å²) in [5, 5.41) is 2.73. The van der Waals surface area contributed by atoms with E-state index < -0.39 is 17.4 Å². The van der Waals surface area contributed by atoms with Gasteiger partial charge in [0.05, 0.1) is 31.5 Å². The number of aromatic nitrogens is 2. The number of carbonyl (C=O) groups excluding carboxylic acids is 2. The van der Waals surface area contributed by atoms with Crippen LogP contribution in [0.2, 0.25) is 0 Å². The first-order valence-electron chi connectivity index (χ1n) is 10.4. The van der Waals surface area contributed by atoms with E-state index in [-0.39, 0.29) is 22.7 Å². The zero-order chi connectivity index (χ0) is 22.8. The largest absolute Gasteiger partial charge is 0.497 e. The number of nitrogens with zero attached hydrogens (tertiary/aromatic N) is 3. The maximum atomic E-state index is 13.1. The number of benzene rings is 1. The highest BCUT2D eigenvalue weighted by Gasteiger charge is 2.25. The molecule has 0 aliphatic carbocycles. The van der Waals surface area contributed by atoms with Crippen LogP contribution >= 0.6 is 0 Å². The standard InChI is InChI=1S/C22H25N5O5/c1-12-5-4-8-27(11-12)22-25-19-18(21(30)26-22)14(10-17(28)24-19)20(29)23-15-7-6-13(31-2)9-16(15)32-3/h6-7,9,12H,4-5,8,10-11H2,1-3H3,(H,23,29)(H,24,25,26,28,30). The van der Waals surface area contributed by atoms with E-state index in [1.165, 1.54) is 14.2 Å². The van der Waals surface area contributed by atoms with Crippen molar-refractivity contribution in [3.63, 3.8) is 0 Å². The molecule has 3 heterocycles. The predicted octanol–water partition coefficient (Wildman–Crippen LogP) is 0.363. The Hall–Kier alpha value is -3.69. The van der Waals surface area contributed by atoms with Crippen LogP contribution in [0.4, 0.5) is 11.6 Å². The van der Waals surface area contributed by atoms with Crippen molar-refractivity contribution in [2.75, 3.05) is 37.5 Å². The molecule has 0 radical (unpaired) electrons. The third-order valence-corrected chi connectivity index (χ3v) is 5.64. The van der Waals surface area contributed by atoms with E-state index >= 15 is 0 Å². The summed E-state index contributed by atoms with van der Waals surface area (Å²) in [6.45, 7) is 3.65. The number of methoxy groups -OCH3 is 2. The third kappa shape index (κ3) is 4.20. The number of amides is 2. The molecule has 32 heavy (non-hydrogen) atoms. The molecule has 4 rings (SSSR count). The van der Waals surface area contributed by atoms with Crippen molar-refractivity contribution >= 4 is 29.0 Å². The predicted molar refractivity (Wildman–Crippen MR) is 117 cm³/mol. The second kappa shape index (κ2) is 8.81. The quantitative estimate of drug-likeness (QED) is 0.689. The number of piperidine rings is 1. The van der Waals surface area contributed by atoms with E-state index in [4.69, 9.17) is 9.47 Å². The van der Waals surface area contributed by atoms with Gasteiger partial charge in [0.2, 0.25) is 5.95 Å². The molecule has 1 aromatic carbocycles. The van der Waals surface area contributed by atoms with Crippen molar-refractivity contribution in [3.05, 3.63) is 39.3 Å². The summed E-state index contributed by atoms with van der Waals surface area (Å²) in [5.41, 5.74) is -0.118. The molecule has 10 heteroatoms. The first-order valence-corrected chi connectivity index (χ1v) is 10.4. The summed E-state index contributed by atoms with van der Waals surface area (Å²) >= 11 is 0. The zero-order valence-electron chi connectivity index (χ0n) is 18.2. The van der Waals surface area contributed by atoms with Gasteiger partial charge in [0.25, 0.3) is 17.4 Å². The summed E-state index contributed by atoms with van der Waals surface area (Å²) in [4.78, 5) is 51.4. The highest BCUT2D eigenvalue weighted by atomic mass is 16.5. The van der Waals surface area contributed by atoms with Crippen molar-refractivity contribution in [1.29, 1.82) is 0 Å². The van der Waals surface area contributed by atoms with Gasteiger partial charge in [-0.1, -0.05) is 6.92 Å². The molecular weight excluding hydrogens is 414 g/mol. The second-order valence-electron chi connectivity index (χ2n) is 7.96. The van der Waals surface area contributed by atoms with Crippen LogP contribution < -0.4 is 36.0 Å². The normalized spacial score (nSPS) is 18.0. The van der Waals surface area contributed by atoms with Gasteiger partial charge in [0, 0.05) is 24.7 Å². The van der Waals surface area contributed by atoms with Crippen LogP contribution in [0.15, 0.2) is 28.0 Å². The van der Waals surface area contributed by atoms with Crippen molar-refractivity contribution < 1.29 is 19.1 Å². The summed E-state index contributed by atoms with van der Waals surface area (Å²) in [6, 6.07) is 4.91. The molecule has 2 amide bonds. The Bertz CT molecular complexity index is 1250. The average Bonchev–Trinajstić information content (AvgIpc) is 2.78. The van der Waals surface area contributed by atoms with Gasteiger partial charge < -0.3 is 19.7 Å². The van der Waals surface area contributed by atoms with Gasteiger partial charge in [0.15, 0.2) is 5.49 Å². The molecule has 1 atom stereocenters. The van der Waals surface area contributed by atoms with Crippen molar-refractivity contribution in [2.45, 2.75) is 26.2 Å². The molecule has 1 fully saturated rings. The van der Waals surface area contributed by atoms with Gasteiger partial charge in [-0.25, -0.2) is 0 Å². The molecule has 1 aromatic heterocycles. The number of fused-ring (bicyclic) bond motifs is 1. The zero-order valence-corrected chi connectivity index (χ0v) is 18.2. The molecule has 0 bridgehead atoms. The van der Waals surface area contributed by atoms with Crippen LogP contribution in [-0.2, 0) is 9.59 Å². The summed E-state index contributed by atoms with van der Waals surface area (Å²) < 4.78 is 10.5. The van der Waals surface area contributed by atoms with Crippen LogP contribution in [0.3, 0.4) is 0 Å². The highest BCUT2D eigenvalue weighted by Crippen LogP contribution is 2.29. The van der Waals surface area contributed by atoms with Crippen LogP contribution in [0.1, 0.15) is 26.2 Å². The number of hydrogen-bond acceptors (Lipinski definition) is 7. The van der Waals surface area contributed by atoms with E-state index in [0.717, 1.165) is 25.9 Å². The molecule has 10 nitrogen and oxygen atoms in total. The molecule has 0 saturated carbocycles. The van der Waals surface area contributed by atoms with Gasteiger partial charge in [-0.05, 0) is 30.9 Å². The minimum atomic E-state index is -0.593. The molecule has 2 aliphatic rings. The molecule has 168 valence electrons. The molecule has 2 N–H and O–H groups in total. The molecule has 2 aromatic rings. The van der Waals surface area contributed by atoms with Crippen molar-refractivity contribution in [1.82, 2.24) is 9.97 Å². The Kier molecular flexibility index (Phi) is 5.93. The maximum absolute atomic E-state index is 13.1. The lowest BCUT2D eigenvalue weighted by Crippen LogP contribution is -2.51. The Morgan fingerprint density at radius 3 is 2.78 bits per heavy atom.